The fourth-order valence-corrected chi connectivity index (χ4v) is 4.34. The van der Waals surface area contributed by atoms with Gasteiger partial charge >= 0.3 is 27.7 Å². The van der Waals surface area contributed by atoms with Crippen molar-refractivity contribution in [3.8, 4) is 0 Å². The van der Waals surface area contributed by atoms with Crippen molar-refractivity contribution in [2.45, 2.75) is 40.0 Å². The zero-order valence-corrected chi connectivity index (χ0v) is 23.8. The van der Waals surface area contributed by atoms with E-state index in [1.807, 2.05) is 91.0 Å². The third-order valence-corrected chi connectivity index (χ3v) is 6.50. The maximum Gasteiger partial charge on any atom is 3.00 e. The number of benzene rings is 3. The molecule has 0 unspecified atom stereocenters. The summed E-state index contributed by atoms with van der Waals surface area (Å²) in [5.41, 5.74) is 5.44. The average Bonchev–Trinajstić information content (AvgIpc) is 2.98. The SMILES string of the molecule is CC1=[C-]C(C)(C)C(C)=C1C.O=C(O)C(c1ccccc1)(c1ccccc1)c1ccccc1.[Cl-].[Cl-].[Ti+3]. The Morgan fingerprint density at radius 2 is 1.03 bits per heavy atom. The second kappa shape index (κ2) is 13.9. The molecular formula is C30H31Cl2O2Ti. The number of carboxylic acid groups (broad SMARTS) is 1. The zero-order chi connectivity index (χ0) is 23.4. The largest absolute Gasteiger partial charge is 3.00 e. The van der Waals surface area contributed by atoms with Crippen LogP contribution in [0.25, 0.3) is 0 Å². The van der Waals surface area contributed by atoms with Gasteiger partial charge in [0.2, 0.25) is 0 Å². The maximum absolute atomic E-state index is 12.4. The number of halogens is 2. The summed E-state index contributed by atoms with van der Waals surface area (Å²) in [6.45, 7) is 10.9. The standard InChI is InChI=1S/C20H16O2.C10H15.2ClH.Ti/c21-19(22)20(16-10-4-1-5-11-16,17-12-6-2-7-13-17)18-14-8-3-9-15-18;1-7-6-10(4,5)9(3)8(7)2;;;/h1-15H,(H,21,22);1-5H3;2*1H;/q;-1;;;+3/p-2. The molecule has 0 spiro atoms. The average molecular weight is 542 g/mol. The molecule has 0 bridgehead atoms. The minimum Gasteiger partial charge on any atom is -1.00 e. The van der Waals surface area contributed by atoms with Gasteiger partial charge in [0, 0.05) is 0 Å². The van der Waals surface area contributed by atoms with Gasteiger partial charge in [-0.3, -0.25) is 10.9 Å². The Bertz CT molecular complexity index is 1040. The quantitative estimate of drug-likeness (QED) is 0.306. The molecule has 0 amide bonds. The van der Waals surface area contributed by atoms with Gasteiger partial charge in [0.1, 0.15) is 5.41 Å². The predicted molar refractivity (Wildman–Crippen MR) is 131 cm³/mol. The van der Waals surface area contributed by atoms with Crippen LogP contribution >= 0.6 is 0 Å². The molecule has 5 heteroatoms. The summed E-state index contributed by atoms with van der Waals surface area (Å²) in [5.74, 6) is -0.879. The second-order valence-corrected chi connectivity index (χ2v) is 8.78. The van der Waals surface area contributed by atoms with Crippen LogP contribution < -0.4 is 24.8 Å². The second-order valence-electron chi connectivity index (χ2n) is 8.78. The third-order valence-electron chi connectivity index (χ3n) is 6.50. The Hall–Kier alpha value is -2.10. The normalized spacial score (nSPS) is 13.7. The van der Waals surface area contributed by atoms with Crippen molar-refractivity contribution in [1.82, 2.24) is 0 Å². The predicted octanol–water partition coefficient (Wildman–Crippen LogP) is 1.22. The van der Waals surface area contributed by atoms with Crippen LogP contribution in [0.15, 0.2) is 108 Å². The smallest absolute Gasteiger partial charge is 1.00 e. The number of rotatable bonds is 4. The summed E-state index contributed by atoms with van der Waals surface area (Å²) >= 11 is 0. The van der Waals surface area contributed by atoms with Crippen molar-refractivity contribution in [2.24, 2.45) is 5.41 Å². The Balaban J connectivity index is 0.000000764. The van der Waals surface area contributed by atoms with Crippen molar-refractivity contribution in [1.29, 1.82) is 0 Å². The zero-order valence-electron chi connectivity index (χ0n) is 20.8. The molecule has 3 aromatic rings. The van der Waals surface area contributed by atoms with E-state index in [-0.39, 0.29) is 51.9 Å². The molecule has 1 aliphatic rings. The van der Waals surface area contributed by atoms with Crippen LogP contribution in [0, 0.1) is 11.5 Å². The van der Waals surface area contributed by atoms with Gasteiger partial charge in [-0.05, 0) is 16.7 Å². The first-order valence-corrected chi connectivity index (χ1v) is 10.9. The van der Waals surface area contributed by atoms with E-state index < -0.39 is 11.4 Å². The van der Waals surface area contributed by atoms with Gasteiger partial charge in [-0.15, -0.1) is 6.92 Å². The first-order chi connectivity index (χ1) is 15.2. The molecule has 0 aliphatic heterocycles. The monoisotopic (exact) mass is 541 g/mol. The molecule has 1 N–H and O–H groups in total. The molecule has 2 nitrogen and oxygen atoms in total. The molecule has 35 heavy (non-hydrogen) atoms. The fraction of sp³-hybridized carbons (Fsp3) is 0.233. The van der Waals surface area contributed by atoms with Gasteiger partial charge in [0.25, 0.3) is 0 Å². The Morgan fingerprint density at radius 1 is 0.714 bits per heavy atom. The molecular weight excluding hydrogens is 511 g/mol. The van der Waals surface area contributed by atoms with E-state index in [0.717, 1.165) is 16.7 Å². The number of allylic oxidation sites excluding steroid dienone is 4. The van der Waals surface area contributed by atoms with Crippen LogP contribution in [0.2, 0.25) is 0 Å². The Morgan fingerprint density at radius 3 is 1.20 bits per heavy atom. The molecule has 0 atom stereocenters. The molecule has 181 valence electrons. The Kier molecular flexibility index (Phi) is 13.0. The third kappa shape index (κ3) is 6.77. The molecule has 0 saturated heterocycles. The first kappa shape index (κ1) is 32.9. The maximum atomic E-state index is 12.4. The molecule has 0 fully saturated rings. The van der Waals surface area contributed by atoms with Crippen molar-refractivity contribution in [3.05, 3.63) is 130 Å². The van der Waals surface area contributed by atoms with Crippen molar-refractivity contribution in [2.75, 3.05) is 0 Å². The molecule has 1 aliphatic carbocycles. The minimum atomic E-state index is -1.20. The summed E-state index contributed by atoms with van der Waals surface area (Å²) in [6, 6.07) is 28.1. The van der Waals surface area contributed by atoms with Crippen molar-refractivity contribution < 1.29 is 56.4 Å². The van der Waals surface area contributed by atoms with E-state index in [4.69, 9.17) is 0 Å². The fourth-order valence-electron chi connectivity index (χ4n) is 4.34. The van der Waals surface area contributed by atoms with Crippen LogP contribution in [0.1, 0.15) is 51.3 Å². The topological polar surface area (TPSA) is 37.3 Å². The molecule has 0 heterocycles. The number of carbonyl (C=O) groups is 1. The van der Waals surface area contributed by atoms with Crippen molar-refractivity contribution >= 4 is 5.97 Å². The Labute approximate surface area is 237 Å². The summed E-state index contributed by atoms with van der Waals surface area (Å²) < 4.78 is 0. The molecule has 3 aromatic carbocycles. The van der Waals surface area contributed by atoms with E-state index >= 15 is 0 Å². The van der Waals surface area contributed by atoms with Gasteiger partial charge in [0.05, 0.1) is 0 Å². The summed E-state index contributed by atoms with van der Waals surface area (Å²) in [6.07, 6.45) is 3.44. The van der Waals surface area contributed by atoms with E-state index in [0.29, 0.717) is 0 Å². The molecule has 4 rings (SSSR count). The van der Waals surface area contributed by atoms with Gasteiger partial charge < -0.3 is 29.9 Å². The van der Waals surface area contributed by atoms with Crippen LogP contribution in [-0.2, 0) is 31.9 Å². The summed E-state index contributed by atoms with van der Waals surface area (Å²) in [5, 5.41) is 10.2. The van der Waals surface area contributed by atoms with Crippen molar-refractivity contribution in [3.63, 3.8) is 0 Å². The van der Waals surface area contributed by atoms with E-state index in [9.17, 15) is 9.90 Å². The number of hydrogen-bond donors (Lipinski definition) is 1. The van der Waals surface area contributed by atoms with Gasteiger partial charge in [-0.25, -0.2) is 5.57 Å². The van der Waals surface area contributed by atoms with Gasteiger partial charge in [-0.1, -0.05) is 124 Å². The van der Waals surface area contributed by atoms with Crippen LogP contribution in [0.4, 0.5) is 0 Å². The van der Waals surface area contributed by atoms with Gasteiger partial charge in [0.15, 0.2) is 0 Å². The van der Waals surface area contributed by atoms with Crippen LogP contribution in [-0.4, -0.2) is 11.1 Å². The molecule has 0 saturated carbocycles. The number of aliphatic carboxylic acids is 1. The minimum absolute atomic E-state index is 0. The van der Waals surface area contributed by atoms with E-state index in [2.05, 4.69) is 40.7 Å². The van der Waals surface area contributed by atoms with E-state index in [1.54, 1.807) is 0 Å². The van der Waals surface area contributed by atoms with Crippen LogP contribution in [0.3, 0.4) is 0 Å². The van der Waals surface area contributed by atoms with E-state index in [1.165, 1.54) is 16.7 Å². The molecule has 1 radical (unpaired) electrons. The molecule has 0 aromatic heterocycles. The first-order valence-electron chi connectivity index (χ1n) is 10.9. The van der Waals surface area contributed by atoms with Crippen LogP contribution in [0.5, 0.6) is 0 Å². The van der Waals surface area contributed by atoms with Gasteiger partial charge in [-0.2, -0.15) is 11.1 Å². The summed E-state index contributed by atoms with van der Waals surface area (Å²) in [4.78, 5) is 12.4. The number of carboxylic acids is 1. The summed E-state index contributed by atoms with van der Waals surface area (Å²) in [7, 11) is 0. The number of hydrogen-bond acceptors (Lipinski definition) is 1.